The first-order valence-electron chi connectivity index (χ1n) is 5.88. The molecule has 82 valence electrons. The minimum absolute atomic E-state index is 0.768. The van der Waals surface area contributed by atoms with Crippen molar-refractivity contribution < 1.29 is 0 Å². The maximum absolute atomic E-state index is 2.36. The Morgan fingerprint density at radius 3 is 1.69 bits per heavy atom. The van der Waals surface area contributed by atoms with Crippen LogP contribution in [0, 0.1) is 5.92 Å². The van der Waals surface area contributed by atoms with Crippen molar-refractivity contribution in [3.63, 3.8) is 0 Å². The van der Waals surface area contributed by atoms with Crippen LogP contribution in [0.4, 0.5) is 0 Å². The zero-order valence-corrected chi connectivity index (χ0v) is 11.1. The molecule has 1 unspecified atom stereocenters. The third kappa shape index (κ3) is 18.6. The summed E-state index contributed by atoms with van der Waals surface area (Å²) in [6.45, 7) is 16.9. The lowest BCUT2D eigenvalue weighted by Crippen LogP contribution is -1.86. The third-order valence-electron chi connectivity index (χ3n) is 1.77. The Bertz CT molecular complexity index is 90.2. The highest BCUT2D eigenvalue weighted by atomic mass is 14.0. The van der Waals surface area contributed by atoms with Gasteiger partial charge in [0.1, 0.15) is 0 Å². The second kappa shape index (κ2) is 17.7. The zero-order chi connectivity index (χ0) is 11.3. The van der Waals surface area contributed by atoms with Crippen molar-refractivity contribution in [3.8, 4) is 0 Å². The first-order valence-corrected chi connectivity index (χ1v) is 5.88. The Kier molecular flexibility index (Phi) is 25.2. The predicted octanol–water partition coefficient (Wildman–Crippen LogP) is 5.44. The highest BCUT2D eigenvalue weighted by Crippen LogP contribution is 2.08. The predicted molar refractivity (Wildman–Crippen MR) is 66.2 cm³/mol. The van der Waals surface area contributed by atoms with Crippen LogP contribution in [0.5, 0.6) is 0 Å². The van der Waals surface area contributed by atoms with Gasteiger partial charge in [0.05, 0.1) is 0 Å². The minimum Gasteiger partial charge on any atom is -0.0828 e. The van der Waals surface area contributed by atoms with Gasteiger partial charge in [-0.3, -0.25) is 0 Å². The molecule has 0 bridgehead atoms. The zero-order valence-electron chi connectivity index (χ0n) is 11.1. The Hall–Kier alpha value is -0.260. The van der Waals surface area contributed by atoms with Gasteiger partial charge in [-0.1, -0.05) is 66.5 Å². The molecule has 0 aliphatic heterocycles. The fourth-order valence-corrected chi connectivity index (χ4v) is 0.721. The molecule has 0 heteroatoms. The molecule has 0 amide bonds. The van der Waals surface area contributed by atoms with Crippen LogP contribution in [-0.4, -0.2) is 0 Å². The smallest absolute Gasteiger partial charge is 0.0262 e. The van der Waals surface area contributed by atoms with E-state index in [4.69, 9.17) is 0 Å². The summed E-state index contributed by atoms with van der Waals surface area (Å²) in [5.74, 6) is 0.768. The normalized spacial score (nSPS) is 11.8. The van der Waals surface area contributed by atoms with Crippen molar-refractivity contribution in [2.45, 2.75) is 68.2 Å². The van der Waals surface area contributed by atoms with E-state index in [1.807, 2.05) is 27.7 Å². The molecule has 0 saturated carbocycles. The lowest BCUT2D eigenvalue weighted by molar-refractivity contribution is 0.689. The van der Waals surface area contributed by atoms with Gasteiger partial charge in [0, 0.05) is 0 Å². The first-order chi connectivity index (χ1) is 6.20. The Morgan fingerprint density at radius 1 is 1.08 bits per heavy atom. The van der Waals surface area contributed by atoms with E-state index < -0.39 is 0 Å². The average Bonchev–Trinajstić information content (AvgIpc) is 2.23. The summed E-state index contributed by atoms with van der Waals surface area (Å²) in [5.41, 5.74) is 1.52. The molecule has 13 heavy (non-hydrogen) atoms. The van der Waals surface area contributed by atoms with Gasteiger partial charge in [-0.05, 0) is 19.3 Å². The minimum atomic E-state index is 0.768. The number of hydrogen-bond acceptors (Lipinski definition) is 0. The molecule has 0 fully saturated rings. The molecule has 0 N–H and O–H groups in total. The van der Waals surface area contributed by atoms with Gasteiger partial charge in [0.2, 0.25) is 0 Å². The third-order valence-corrected chi connectivity index (χ3v) is 1.77. The summed E-state index contributed by atoms with van der Waals surface area (Å²) in [6.07, 6.45) is 4.82. The average molecular weight is 186 g/mol. The highest BCUT2D eigenvalue weighted by molar-refractivity contribution is 4.98. The maximum atomic E-state index is 2.36. The molecule has 0 rings (SSSR count). The summed E-state index contributed by atoms with van der Waals surface area (Å²) in [4.78, 5) is 0. The summed E-state index contributed by atoms with van der Waals surface area (Å²) < 4.78 is 0. The van der Waals surface area contributed by atoms with Crippen LogP contribution in [0.1, 0.15) is 68.2 Å². The Labute approximate surface area is 86.4 Å². The van der Waals surface area contributed by atoms with Crippen molar-refractivity contribution in [1.29, 1.82) is 0 Å². The van der Waals surface area contributed by atoms with E-state index in [9.17, 15) is 0 Å². The van der Waals surface area contributed by atoms with Crippen LogP contribution in [0.25, 0.3) is 0 Å². The molecule has 0 spiro atoms. The molecule has 0 radical (unpaired) electrons. The molecule has 0 aromatic rings. The van der Waals surface area contributed by atoms with Crippen LogP contribution < -0.4 is 0 Å². The second-order valence-electron chi connectivity index (χ2n) is 2.75. The van der Waals surface area contributed by atoms with E-state index >= 15 is 0 Å². The highest BCUT2D eigenvalue weighted by Gasteiger charge is 1.91. The van der Waals surface area contributed by atoms with E-state index in [0.29, 0.717) is 0 Å². The molecule has 0 heterocycles. The van der Waals surface area contributed by atoms with Gasteiger partial charge in [0.15, 0.2) is 0 Å². The molecule has 0 aromatic carbocycles. The second-order valence-corrected chi connectivity index (χ2v) is 2.75. The SMILES string of the molecule is CC.CC.CC/C(C)=C\C(C)CC. The summed E-state index contributed by atoms with van der Waals surface area (Å²) in [5, 5.41) is 0. The first kappa shape index (κ1) is 18.5. The lowest BCUT2D eigenvalue weighted by Gasteiger charge is -2.01. The van der Waals surface area contributed by atoms with Crippen molar-refractivity contribution in [2.75, 3.05) is 0 Å². The van der Waals surface area contributed by atoms with E-state index in [1.54, 1.807) is 0 Å². The maximum Gasteiger partial charge on any atom is -0.0262 e. The number of allylic oxidation sites excluding steroid dienone is 2. The van der Waals surface area contributed by atoms with Gasteiger partial charge in [-0.15, -0.1) is 0 Å². The van der Waals surface area contributed by atoms with E-state index in [1.165, 1.54) is 18.4 Å². The van der Waals surface area contributed by atoms with Crippen LogP contribution in [0.2, 0.25) is 0 Å². The monoisotopic (exact) mass is 186 g/mol. The topological polar surface area (TPSA) is 0 Å². The Morgan fingerprint density at radius 2 is 1.46 bits per heavy atom. The van der Waals surface area contributed by atoms with Crippen molar-refractivity contribution >= 4 is 0 Å². The molecule has 0 aliphatic rings. The lowest BCUT2D eigenvalue weighted by atomic mass is 10.0. The van der Waals surface area contributed by atoms with Crippen LogP contribution >= 0.6 is 0 Å². The molecule has 0 aromatic heterocycles. The fourth-order valence-electron chi connectivity index (χ4n) is 0.721. The molecular formula is C13H30. The quantitative estimate of drug-likeness (QED) is 0.515. The standard InChI is InChI=1S/C9H18.2C2H6/c1-5-8(3)7-9(4)6-2;2*1-2/h7-8H,5-6H2,1-4H3;2*1-2H3/b9-7-;;. The van der Waals surface area contributed by atoms with Crippen molar-refractivity contribution in [1.82, 2.24) is 0 Å². The van der Waals surface area contributed by atoms with Crippen LogP contribution in [-0.2, 0) is 0 Å². The summed E-state index contributed by atoms with van der Waals surface area (Å²) in [7, 11) is 0. The van der Waals surface area contributed by atoms with E-state index in [0.717, 1.165) is 5.92 Å². The van der Waals surface area contributed by atoms with Gasteiger partial charge in [0.25, 0.3) is 0 Å². The molecule has 0 aliphatic carbocycles. The largest absolute Gasteiger partial charge is 0.0828 e. The van der Waals surface area contributed by atoms with Crippen molar-refractivity contribution in [2.24, 2.45) is 5.92 Å². The van der Waals surface area contributed by atoms with Gasteiger partial charge in [-0.2, -0.15) is 0 Å². The van der Waals surface area contributed by atoms with Crippen LogP contribution in [0.15, 0.2) is 11.6 Å². The summed E-state index contributed by atoms with van der Waals surface area (Å²) >= 11 is 0. The van der Waals surface area contributed by atoms with Gasteiger partial charge >= 0.3 is 0 Å². The molecule has 0 nitrogen and oxygen atoms in total. The summed E-state index contributed by atoms with van der Waals surface area (Å²) in [6, 6.07) is 0. The van der Waals surface area contributed by atoms with Crippen molar-refractivity contribution in [3.05, 3.63) is 11.6 Å². The number of hydrogen-bond donors (Lipinski definition) is 0. The molecular weight excluding hydrogens is 156 g/mol. The Balaban J connectivity index is -0.000000218. The molecule has 1 atom stereocenters. The molecule has 0 saturated heterocycles. The van der Waals surface area contributed by atoms with Gasteiger partial charge in [-0.25, -0.2) is 0 Å². The van der Waals surface area contributed by atoms with Crippen LogP contribution in [0.3, 0.4) is 0 Å². The fraction of sp³-hybridized carbons (Fsp3) is 0.846. The van der Waals surface area contributed by atoms with E-state index in [-0.39, 0.29) is 0 Å². The van der Waals surface area contributed by atoms with E-state index in [2.05, 4.69) is 33.8 Å². The number of rotatable bonds is 3. The van der Waals surface area contributed by atoms with Gasteiger partial charge < -0.3 is 0 Å².